The minimum Gasteiger partial charge on any atom is -0.309 e. The van der Waals surface area contributed by atoms with Gasteiger partial charge in [0.25, 0.3) is 0 Å². The molecule has 0 radical (unpaired) electrons. The highest BCUT2D eigenvalue weighted by atomic mass is 15.0. The molecule has 0 aliphatic carbocycles. The normalized spacial score (nSPS) is 10.4. The second-order valence-corrected chi connectivity index (χ2v) is 8.70. The fourth-order valence-corrected chi connectivity index (χ4v) is 4.81. The minimum atomic E-state index is 0.487. The number of nitrogens with zero attached hydrogens (tertiary/aromatic N) is 3. The molecule has 1 heterocycles. The molecule has 6 aromatic rings. The van der Waals surface area contributed by atoms with Crippen molar-refractivity contribution in [2.45, 2.75) is 0 Å². The number of rotatable bonds is 2. The van der Waals surface area contributed by atoms with Crippen LogP contribution in [0.3, 0.4) is 0 Å². The van der Waals surface area contributed by atoms with E-state index in [1.54, 1.807) is 18.2 Å². The number of aromatic nitrogens is 1. The molecular formula is C34H19N3. The van der Waals surface area contributed by atoms with Gasteiger partial charge in [0.1, 0.15) is 0 Å². The van der Waals surface area contributed by atoms with Crippen LogP contribution in [0.15, 0.2) is 115 Å². The lowest BCUT2D eigenvalue weighted by atomic mass is 9.95. The van der Waals surface area contributed by atoms with Gasteiger partial charge in [-0.05, 0) is 66.2 Å². The Morgan fingerprint density at radius 1 is 0.486 bits per heavy atom. The summed E-state index contributed by atoms with van der Waals surface area (Å²) in [6.07, 6.45) is 0. The largest absolute Gasteiger partial charge is 0.309 e. The Kier molecular flexibility index (Phi) is 5.48. The number of para-hydroxylation sites is 2. The molecule has 5 aromatic carbocycles. The quantitative estimate of drug-likeness (QED) is 0.245. The van der Waals surface area contributed by atoms with Gasteiger partial charge in [-0.3, -0.25) is 0 Å². The molecule has 0 unspecified atom stereocenters. The van der Waals surface area contributed by atoms with Gasteiger partial charge in [-0.2, -0.15) is 10.5 Å². The van der Waals surface area contributed by atoms with Gasteiger partial charge in [-0.1, -0.05) is 66.4 Å². The van der Waals surface area contributed by atoms with Crippen LogP contribution in [-0.2, 0) is 0 Å². The molecule has 0 amide bonds. The highest BCUT2D eigenvalue weighted by molar-refractivity contribution is 6.09. The molecule has 0 atom stereocenters. The first-order valence-corrected chi connectivity index (χ1v) is 11.9. The first kappa shape index (κ1) is 21.9. The highest BCUT2D eigenvalue weighted by Crippen LogP contribution is 2.32. The predicted molar refractivity (Wildman–Crippen MR) is 148 cm³/mol. The molecule has 0 spiro atoms. The first-order chi connectivity index (χ1) is 18.3. The van der Waals surface area contributed by atoms with E-state index in [9.17, 15) is 10.5 Å². The van der Waals surface area contributed by atoms with Crippen molar-refractivity contribution in [1.29, 1.82) is 10.5 Å². The molecule has 3 heteroatoms. The predicted octanol–water partition coefficient (Wildman–Crippen LogP) is 7.59. The van der Waals surface area contributed by atoms with Crippen molar-refractivity contribution in [2.75, 3.05) is 0 Å². The number of benzene rings is 5. The summed E-state index contributed by atoms with van der Waals surface area (Å²) < 4.78 is 2.29. The second kappa shape index (κ2) is 9.24. The van der Waals surface area contributed by atoms with Crippen LogP contribution in [-0.4, -0.2) is 4.57 Å². The monoisotopic (exact) mass is 469 g/mol. The average Bonchev–Trinajstić information content (AvgIpc) is 3.30. The molecule has 170 valence electrons. The van der Waals surface area contributed by atoms with Crippen LogP contribution >= 0.6 is 0 Å². The zero-order valence-corrected chi connectivity index (χ0v) is 19.8. The molecule has 0 fully saturated rings. The Morgan fingerprint density at radius 3 is 1.49 bits per heavy atom. The molecule has 0 saturated carbocycles. The lowest BCUT2D eigenvalue weighted by Crippen LogP contribution is -1.93. The third-order valence-electron chi connectivity index (χ3n) is 6.54. The fraction of sp³-hybridized carbons (Fsp3) is 0. The van der Waals surface area contributed by atoms with Gasteiger partial charge in [0.05, 0.1) is 34.3 Å². The van der Waals surface area contributed by atoms with Crippen molar-refractivity contribution in [3.63, 3.8) is 0 Å². The van der Waals surface area contributed by atoms with Gasteiger partial charge in [-0.25, -0.2) is 0 Å². The van der Waals surface area contributed by atoms with Gasteiger partial charge < -0.3 is 4.57 Å². The second-order valence-electron chi connectivity index (χ2n) is 8.70. The fourth-order valence-electron chi connectivity index (χ4n) is 4.81. The Morgan fingerprint density at radius 2 is 0.973 bits per heavy atom. The summed E-state index contributed by atoms with van der Waals surface area (Å²) in [5.74, 6) is 6.47. The van der Waals surface area contributed by atoms with Crippen molar-refractivity contribution in [2.24, 2.45) is 0 Å². The molecule has 3 nitrogen and oxygen atoms in total. The Hall–Kier alpha value is -5.56. The van der Waals surface area contributed by atoms with E-state index in [1.165, 1.54) is 21.8 Å². The summed E-state index contributed by atoms with van der Waals surface area (Å²) in [6.45, 7) is 0. The lowest BCUT2D eigenvalue weighted by molar-refractivity contribution is 1.18. The molecule has 0 aliphatic heterocycles. The van der Waals surface area contributed by atoms with Crippen molar-refractivity contribution in [3.05, 3.63) is 138 Å². The van der Waals surface area contributed by atoms with Crippen molar-refractivity contribution >= 4 is 21.8 Å². The van der Waals surface area contributed by atoms with Crippen molar-refractivity contribution in [3.8, 4) is 40.8 Å². The molecule has 0 N–H and O–H groups in total. The summed E-state index contributed by atoms with van der Waals surface area (Å²) in [5.41, 5.74) is 7.71. The summed E-state index contributed by atoms with van der Waals surface area (Å²) in [4.78, 5) is 0. The van der Waals surface area contributed by atoms with Crippen LogP contribution in [0.25, 0.3) is 38.6 Å². The van der Waals surface area contributed by atoms with E-state index in [0.717, 1.165) is 22.4 Å². The Bertz CT molecular complexity index is 1850. The molecule has 0 aliphatic rings. The third-order valence-corrected chi connectivity index (χ3v) is 6.54. The van der Waals surface area contributed by atoms with Crippen LogP contribution in [0, 0.1) is 34.5 Å². The average molecular weight is 470 g/mol. The minimum absolute atomic E-state index is 0.487. The third kappa shape index (κ3) is 3.90. The van der Waals surface area contributed by atoms with E-state index in [-0.39, 0.29) is 0 Å². The molecule has 0 bridgehead atoms. The van der Waals surface area contributed by atoms with Crippen LogP contribution < -0.4 is 0 Å². The highest BCUT2D eigenvalue weighted by Gasteiger charge is 2.12. The van der Waals surface area contributed by atoms with E-state index >= 15 is 0 Å². The van der Waals surface area contributed by atoms with Crippen molar-refractivity contribution in [1.82, 2.24) is 4.57 Å². The van der Waals surface area contributed by atoms with Crippen LogP contribution in [0.2, 0.25) is 0 Å². The van der Waals surface area contributed by atoms with Crippen LogP contribution in [0.5, 0.6) is 0 Å². The Labute approximate surface area is 215 Å². The van der Waals surface area contributed by atoms with Gasteiger partial charge in [0.2, 0.25) is 0 Å². The zero-order valence-electron chi connectivity index (χ0n) is 19.8. The maximum Gasteiger partial charge on any atom is 0.0998 e. The number of nitriles is 2. The topological polar surface area (TPSA) is 52.5 Å². The van der Waals surface area contributed by atoms with Gasteiger partial charge in [0, 0.05) is 33.2 Å². The smallest absolute Gasteiger partial charge is 0.0998 e. The molecule has 0 saturated heterocycles. The lowest BCUT2D eigenvalue weighted by Gasteiger charge is -2.07. The van der Waals surface area contributed by atoms with Gasteiger partial charge in [0.15, 0.2) is 0 Å². The number of hydrogen-bond acceptors (Lipinski definition) is 2. The van der Waals surface area contributed by atoms with E-state index in [0.29, 0.717) is 16.7 Å². The maximum absolute atomic E-state index is 9.47. The SMILES string of the molecule is N#Cc1cccc(C#N)c1-c1ccc(C#Cc2ccc(-n3c4ccccc4c4ccccc43)cc2)cc1. The number of hydrogen-bond donors (Lipinski definition) is 0. The standard InChI is InChI=1S/C34H19N3/c35-22-27-6-5-7-28(23-36)34(27)26-18-14-24(15-19-26)12-13-25-16-20-29(21-17-25)37-32-10-3-1-8-30(32)31-9-2-4-11-33(31)37/h1-11,14-21H. The molecular weight excluding hydrogens is 450 g/mol. The van der Waals surface area contributed by atoms with E-state index in [4.69, 9.17) is 0 Å². The van der Waals surface area contributed by atoms with Gasteiger partial charge in [-0.15, -0.1) is 0 Å². The van der Waals surface area contributed by atoms with E-state index in [2.05, 4.69) is 89.2 Å². The number of fused-ring (bicyclic) bond motifs is 3. The molecule has 6 rings (SSSR count). The molecule has 1 aromatic heterocycles. The van der Waals surface area contributed by atoms with Crippen molar-refractivity contribution < 1.29 is 0 Å². The maximum atomic E-state index is 9.47. The van der Waals surface area contributed by atoms with Crippen LogP contribution in [0.1, 0.15) is 22.3 Å². The molecule has 37 heavy (non-hydrogen) atoms. The van der Waals surface area contributed by atoms with Crippen LogP contribution in [0.4, 0.5) is 0 Å². The van der Waals surface area contributed by atoms with E-state index < -0.39 is 0 Å². The van der Waals surface area contributed by atoms with E-state index in [1.807, 2.05) is 36.4 Å². The summed E-state index contributed by atoms with van der Waals surface area (Å²) in [6, 6.07) is 42.5. The summed E-state index contributed by atoms with van der Waals surface area (Å²) >= 11 is 0. The van der Waals surface area contributed by atoms with Gasteiger partial charge >= 0.3 is 0 Å². The summed E-state index contributed by atoms with van der Waals surface area (Å²) in [5, 5.41) is 21.4. The first-order valence-electron chi connectivity index (χ1n) is 11.9. The summed E-state index contributed by atoms with van der Waals surface area (Å²) in [7, 11) is 0. The Balaban J connectivity index is 1.30. The zero-order chi connectivity index (χ0) is 25.2.